The van der Waals surface area contributed by atoms with E-state index in [-0.39, 0.29) is 21.4 Å². The standard InChI is InChI=1S/C12H8Cl2F2N2O2S/c13-7-4-6(15)5-8(14)11(7)18-21(19,20)12-9(16)2-1-3-10(12)17/h1-5,18H,17H2. The largest absolute Gasteiger partial charge is 0.398 e. The lowest BCUT2D eigenvalue weighted by atomic mass is 10.3. The van der Waals surface area contributed by atoms with Gasteiger partial charge in [0.1, 0.15) is 16.5 Å². The molecule has 0 saturated carbocycles. The maximum absolute atomic E-state index is 13.7. The van der Waals surface area contributed by atoms with E-state index in [2.05, 4.69) is 0 Å². The van der Waals surface area contributed by atoms with Gasteiger partial charge in [-0.3, -0.25) is 4.72 Å². The molecular weight excluding hydrogens is 345 g/mol. The molecule has 0 aliphatic heterocycles. The molecule has 0 unspecified atom stereocenters. The number of hydrogen-bond acceptors (Lipinski definition) is 3. The molecule has 4 nitrogen and oxygen atoms in total. The van der Waals surface area contributed by atoms with E-state index < -0.39 is 26.6 Å². The number of hydrogen-bond donors (Lipinski definition) is 2. The van der Waals surface area contributed by atoms with E-state index in [0.717, 1.165) is 18.2 Å². The molecule has 0 fully saturated rings. The van der Waals surface area contributed by atoms with Crippen LogP contribution in [0.5, 0.6) is 0 Å². The van der Waals surface area contributed by atoms with Gasteiger partial charge in [0.2, 0.25) is 0 Å². The van der Waals surface area contributed by atoms with Gasteiger partial charge in [-0.15, -0.1) is 0 Å². The van der Waals surface area contributed by atoms with Crippen LogP contribution in [0.4, 0.5) is 20.2 Å². The average molecular weight is 353 g/mol. The van der Waals surface area contributed by atoms with Gasteiger partial charge in [0.25, 0.3) is 10.0 Å². The fourth-order valence-corrected chi connectivity index (χ4v) is 3.59. The first-order valence-corrected chi connectivity index (χ1v) is 7.67. The van der Waals surface area contributed by atoms with Gasteiger partial charge >= 0.3 is 0 Å². The third kappa shape index (κ3) is 3.20. The monoisotopic (exact) mass is 352 g/mol. The van der Waals surface area contributed by atoms with Crippen molar-refractivity contribution in [2.24, 2.45) is 0 Å². The van der Waals surface area contributed by atoms with E-state index >= 15 is 0 Å². The van der Waals surface area contributed by atoms with Gasteiger partial charge in [-0.2, -0.15) is 0 Å². The first-order valence-electron chi connectivity index (χ1n) is 5.43. The summed E-state index contributed by atoms with van der Waals surface area (Å²) in [5.41, 5.74) is 4.93. The Morgan fingerprint density at radius 3 is 2.19 bits per heavy atom. The number of benzene rings is 2. The van der Waals surface area contributed by atoms with Crippen molar-refractivity contribution in [2.75, 3.05) is 10.5 Å². The van der Waals surface area contributed by atoms with Gasteiger partial charge in [-0.1, -0.05) is 29.3 Å². The molecule has 0 spiro atoms. The Labute approximate surface area is 129 Å². The van der Waals surface area contributed by atoms with Gasteiger partial charge in [0, 0.05) is 0 Å². The quantitative estimate of drug-likeness (QED) is 0.828. The van der Waals surface area contributed by atoms with Gasteiger partial charge < -0.3 is 5.73 Å². The van der Waals surface area contributed by atoms with Crippen LogP contribution in [-0.2, 0) is 10.0 Å². The summed E-state index contributed by atoms with van der Waals surface area (Å²) in [5.74, 6) is -1.77. The fourth-order valence-electron chi connectivity index (χ4n) is 1.63. The Balaban J connectivity index is 2.53. The van der Waals surface area contributed by atoms with Crippen LogP contribution >= 0.6 is 23.2 Å². The van der Waals surface area contributed by atoms with Crippen LogP contribution in [0.2, 0.25) is 10.0 Å². The molecule has 3 N–H and O–H groups in total. The number of rotatable bonds is 3. The van der Waals surface area contributed by atoms with Crippen molar-refractivity contribution >= 4 is 44.6 Å². The number of nitrogen functional groups attached to an aromatic ring is 1. The topological polar surface area (TPSA) is 72.2 Å². The maximum Gasteiger partial charge on any atom is 0.266 e. The summed E-state index contributed by atoms with van der Waals surface area (Å²) in [6.45, 7) is 0. The smallest absolute Gasteiger partial charge is 0.266 e. The first-order chi connectivity index (χ1) is 9.72. The lowest BCUT2D eigenvalue weighted by Gasteiger charge is -2.13. The molecular formula is C12H8Cl2F2N2O2S. The van der Waals surface area contributed by atoms with E-state index in [4.69, 9.17) is 28.9 Å². The number of halogens is 4. The van der Waals surface area contributed by atoms with Crippen molar-refractivity contribution < 1.29 is 17.2 Å². The summed E-state index contributed by atoms with van der Waals surface area (Å²) in [6, 6.07) is 5.18. The van der Waals surface area contributed by atoms with E-state index in [1.807, 2.05) is 4.72 Å². The zero-order chi connectivity index (χ0) is 15.8. The predicted octanol–water partition coefficient (Wildman–Crippen LogP) is 3.65. The molecule has 0 aromatic heterocycles. The minimum Gasteiger partial charge on any atom is -0.398 e. The van der Waals surface area contributed by atoms with Crippen LogP contribution in [0.1, 0.15) is 0 Å². The Morgan fingerprint density at radius 1 is 1.10 bits per heavy atom. The zero-order valence-corrected chi connectivity index (χ0v) is 12.5. The van der Waals surface area contributed by atoms with Crippen molar-refractivity contribution in [3.8, 4) is 0 Å². The highest BCUT2D eigenvalue weighted by atomic mass is 35.5. The Bertz CT molecular complexity index is 770. The maximum atomic E-state index is 13.7. The summed E-state index contributed by atoms with van der Waals surface area (Å²) < 4.78 is 53.1. The second-order valence-corrected chi connectivity index (χ2v) is 6.44. The molecule has 9 heteroatoms. The Hall–Kier alpha value is -1.57. The molecule has 0 atom stereocenters. The van der Waals surface area contributed by atoms with Crippen molar-refractivity contribution in [1.82, 2.24) is 0 Å². The highest BCUT2D eigenvalue weighted by Crippen LogP contribution is 2.34. The van der Waals surface area contributed by atoms with Crippen molar-refractivity contribution in [3.05, 3.63) is 52.0 Å². The van der Waals surface area contributed by atoms with E-state index in [1.54, 1.807) is 0 Å². The first kappa shape index (κ1) is 15.8. The molecule has 2 aromatic carbocycles. The zero-order valence-electron chi connectivity index (χ0n) is 10.2. The van der Waals surface area contributed by atoms with Crippen LogP contribution in [0, 0.1) is 11.6 Å². The van der Waals surface area contributed by atoms with Gasteiger partial charge in [-0.05, 0) is 24.3 Å². The molecule has 0 heterocycles. The minimum absolute atomic E-state index is 0.262. The summed E-state index contributed by atoms with van der Waals surface area (Å²) in [6.07, 6.45) is 0. The van der Waals surface area contributed by atoms with Crippen LogP contribution < -0.4 is 10.5 Å². The molecule has 112 valence electrons. The van der Waals surface area contributed by atoms with Gasteiger partial charge in [0.15, 0.2) is 0 Å². The van der Waals surface area contributed by atoms with Crippen LogP contribution in [0.15, 0.2) is 35.2 Å². The number of anilines is 2. The van der Waals surface area contributed by atoms with Crippen molar-refractivity contribution in [3.63, 3.8) is 0 Å². The Kier molecular flexibility index (Phi) is 4.27. The molecule has 0 aliphatic rings. The highest BCUT2D eigenvalue weighted by molar-refractivity contribution is 7.93. The molecule has 0 saturated heterocycles. The molecule has 0 aliphatic carbocycles. The SMILES string of the molecule is Nc1cccc(F)c1S(=O)(=O)Nc1c(Cl)cc(F)cc1Cl. The fraction of sp³-hybridized carbons (Fsp3) is 0. The molecule has 0 radical (unpaired) electrons. The Morgan fingerprint density at radius 2 is 1.67 bits per heavy atom. The van der Waals surface area contributed by atoms with Crippen LogP contribution in [0.25, 0.3) is 0 Å². The normalized spacial score (nSPS) is 11.4. The van der Waals surface area contributed by atoms with Crippen molar-refractivity contribution in [2.45, 2.75) is 4.90 Å². The third-order valence-corrected chi connectivity index (χ3v) is 4.55. The molecule has 0 amide bonds. The van der Waals surface area contributed by atoms with E-state index in [9.17, 15) is 17.2 Å². The lowest BCUT2D eigenvalue weighted by molar-refractivity contribution is 0.571. The summed E-state index contributed by atoms with van der Waals surface area (Å²) in [7, 11) is -4.37. The van der Waals surface area contributed by atoms with Crippen LogP contribution in [-0.4, -0.2) is 8.42 Å². The number of nitrogens with two attached hydrogens (primary N) is 1. The van der Waals surface area contributed by atoms with E-state index in [0.29, 0.717) is 0 Å². The lowest BCUT2D eigenvalue weighted by Crippen LogP contribution is -2.17. The summed E-state index contributed by atoms with van der Waals surface area (Å²) in [4.78, 5) is -0.735. The number of nitrogens with one attached hydrogen (secondary N) is 1. The summed E-state index contributed by atoms with van der Waals surface area (Å²) >= 11 is 11.5. The summed E-state index contributed by atoms with van der Waals surface area (Å²) in [5, 5.41) is -0.531. The van der Waals surface area contributed by atoms with Crippen LogP contribution in [0.3, 0.4) is 0 Å². The van der Waals surface area contributed by atoms with Crippen molar-refractivity contribution in [1.29, 1.82) is 0 Å². The highest BCUT2D eigenvalue weighted by Gasteiger charge is 2.24. The van der Waals surface area contributed by atoms with Gasteiger partial charge in [-0.25, -0.2) is 17.2 Å². The molecule has 0 bridgehead atoms. The molecule has 2 rings (SSSR count). The van der Waals surface area contributed by atoms with Gasteiger partial charge in [0.05, 0.1) is 21.4 Å². The second kappa shape index (κ2) is 5.67. The minimum atomic E-state index is -4.37. The predicted molar refractivity (Wildman–Crippen MR) is 78.0 cm³/mol. The number of sulfonamides is 1. The second-order valence-electron chi connectivity index (χ2n) is 4.01. The third-order valence-electron chi connectivity index (χ3n) is 2.51. The van der Waals surface area contributed by atoms with E-state index in [1.165, 1.54) is 12.1 Å². The average Bonchev–Trinajstić information content (AvgIpc) is 2.33. The molecule has 21 heavy (non-hydrogen) atoms. The molecule has 2 aromatic rings.